The first-order chi connectivity index (χ1) is 15.2. The third kappa shape index (κ3) is 4.46. The Morgan fingerprint density at radius 1 is 0.774 bits per heavy atom. The predicted molar refractivity (Wildman–Crippen MR) is 120 cm³/mol. The highest BCUT2D eigenvalue weighted by molar-refractivity contribution is 5.97. The van der Waals surface area contributed by atoms with Crippen LogP contribution in [0.2, 0.25) is 0 Å². The Morgan fingerprint density at radius 3 is 1.97 bits per heavy atom. The maximum Gasteiger partial charge on any atom is 0.329 e. The molecule has 0 aliphatic heterocycles. The summed E-state index contributed by atoms with van der Waals surface area (Å²) in [6, 6.07) is 29.4. The van der Waals surface area contributed by atoms with Crippen molar-refractivity contribution in [1.82, 2.24) is 10.3 Å². The van der Waals surface area contributed by atoms with Gasteiger partial charge in [-0.25, -0.2) is 9.78 Å². The van der Waals surface area contributed by atoms with Gasteiger partial charge in [-0.2, -0.15) is 0 Å². The summed E-state index contributed by atoms with van der Waals surface area (Å²) in [5.41, 5.74) is 2.76. The zero-order valence-electron chi connectivity index (χ0n) is 17.1. The Balaban J connectivity index is 1.72. The Hall–Kier alpha value is -3.99. The lowest BCUT2D eigenvalue weighted by atomic mass is 9.85. The van der Waals surface area contributed by atoms with Crippen molar-refractivity contribution in [3.05, 3.63) is 114 Å². The van der Waals surface area contributed by atoms with Gasteiger partial charge in [0.2, 0.25) is 0 Å². The lowest BCUT2D eigenvalue weighted by Crippen LogP contribution is -2.46. The molecule has 31 heavy (non-hydrogen) atoms. The van der Waals surface area contributed by atoms with Crippen molar-refractivity contribution in [2.45, 2.75) is 12.0 Å². The Kier molecular flexibility index (Phi) is 6.03. The number of aromatic nitrogens is 1. The second kappa shape index (κ2) is 9.22. The maximum absolute atomic E-state index is 13.1. The minimum atomic E-state index is -0.921. The number of hydrogen-bond acceptors (Lipinski definition) is 4. The zero-order valence-corrected chi connectivity index (χ0v) is 17.1. The second-order valence-electron chi connectivity index (χ2n) is 7.16. The molecular weight excluding hydrogens is 388 g/mol. The first-order valence-corrected chi connectivity index (χ1v) is 10.0. The van der Waals surface area contributed by atoms with Crippen LogP contribution in [0, 0.1) is 0 Å². The van der Waals surface area contributed by atoms with Crippen molar-refractivity contribution in [3.63, 3.8) is 0 Å². The monoisotopic (exact) mass is 410 g/mol. The number of nitrogens with zero attached hydrogens (tertiary/aromatic N) is 1. The van der Waals surface area contributed by atoms with Gasteiger partial charge in [0.15, 0.2) is 0 Å². The standard InChI is InChI=1S/C26H22N2O3/c1-31-26(30)24(23(19-11-4-2-5-12-19)20-13-6-3-7-14-20)28-25(29)22-17-16-18-10-8-9-15-21(18)27-22/h2-17,23-24H,1H3,(H,28,29)/t24-/m1/s1. The molecule has 0 unspecified atom stereocenters. The Morgan fingerprint density at radius 2 is 1.35 bits per heavy atom. The van der Waals surface area contributed by atoms with Crippen LogP contribution in [-0.4, -0.2) is 30.0 Å². The summed E-state index contributed by atoms with van der Waals surface area (Å²) in [5.74, 6) is -1.37. The van der Waals surface area contributed by atoms with Gasteiger partial charge in [0.1, 0.15) is 11.7 Å². The summed E-state index contributed by atoms with van der Waals surface area (Å²) in [4.78, 5) is 30.4. The van der Waals surface area contributed by atoms with E-state index in [0.29, 0.717) is 5.52 Å². The van der Waals surface area contributed by atoms with Crippen LogP contribution in [0.3, 0.4) is 0 Å². The van der Waals surface area contributed by atoms with E-state index in [9.17, 15) is 9.59 Å². The number of esters is 1. The summed E-state index contributed by atoms with van der Waals surface area (Å²) >= 11 is 0. The van der Waals surface area contributed by atoms with Crippen LogP contribution >= 0.6 is 0 Å². The van der Waals surface area contributed by atoms with Gasteiger partial charge in [-0.05, 0) is 23.3 Å². The molecule has 0 fully saturated rings. The summed E-state index contributed by atoms with van der Waals surface area (Å²) in [6.07, 6.45) is 0. The first-order valence-electron chi connectivity index (χ1n) is 10.0. The van der Waals surface area contributed by atoms with Crippen LogP contribution < -0.4 is 5.32 Å². The van der Waals surface area contributed by atoms with Gasteiger partial charge in [-0.3, -0.25) is 4.79 Å². The van der Waals surface area contributed by atoms with Gasteiger partial charge in [-0.1, -0.05) is 84.9 Å². The van der Waals surface area contributed by atoms with Gasteiger partial charge < -0.3 is 10.1 Å². The van der Waals surface area contributed by atoms with Crippen molar-refractivity contribution in [2.24, 2.45) is 0 Å². The highest BCUT2D eigenvalue weighted by atomic mass is 16.5. The Bertz CT molecular complexity index is 1150. The molecule has 0 saturated carbocycles. The van der Waals surface area contributed by atoms with E-state index in [0.717, 1.165) is 16.5 Å². The van der Waals surface area contributed by atoms with Crippen molar-refractivity contribution >= 4 is 22.8 Å². The molecule has 1 aromatic heterocycles. The molecule has 0 aliphatic carbocycles. The van der Waals surface area contributed by atoms with Gasteiger partial charge >= 0.3 is 5.97 Å². The lowest BCUT2D eigenvalue weighted by Gasteiger charge is -2.27. The van der Waals surface area contributed by atoms with Crippen LogP contribution in [0.15, 0.2) is 97.1 Å². The molecule has 3 aromatic carbocycles. The summed E-state index contributed by atoms with van der Waals surface area (Å²) in [6.45, 7) is 0. The molecule has 4 rings (SSSR count). The highest BCUT2D eigenvalue weighted by Crippen LogP contribution is 2.29. The number of carbonyl (C=O) groups excluding carboxylic acids is 2. The quantitative estimate of drug-likeness (QED) is 0.480. The predicted octanol–water partition coefficient (Wildman–Crippen LogP) is 4.34. The molecule has 1 heterocycles. The molecule has 0 aliphatic rings. The first kappa shape index (κ1) is 20.3. The number of amides is 1. The third-order valence-electron chi connectivity index (χ3n) is 5.22. The fourth-order valence-corrected chi connectivity index (χ4v) is 3.71. The third-order valence-corrected chi connectivity index (χ3v) is 5.22. The number of pyridine rings is 1. The summed E-state index contributed by atoms with van der Waals surface area (Å²) in [5, 5.41) is 3.81. The van der Waals surface area contributed by atoms with Gasteiger partial charge in [-0.15, -0.1) is 0 Å². The fraction of sp³-hybridized carbons (Fsp3) is 0.115. The zero-order chi connectivity index (χ0) is 21.6. The van der Waals surface area contributed by atoms with E-state index in [1.165, 1.54) is 7.11 Å². The molecule has 154 valence electrons. The average Bonchev–Trinajstić information content (AvgIpc) is 2.84. The van der Waals surface area contributed by atoms with Crippen molar-refractivity contribution in [3.8, 4) is 0 Å². The summed E-state index contributed by atoms with van der Waals surface area (Å²) in [7, 11) is 1.32. The number of rotatable bonds is 6. The van der Waals surface area contributed by atoms with Gasteiger partial charge in [0.25, 0.3) is 5.91 Å². The van der Waals surface area contributed by atoms with Crippen molar-refractivity contribution < 1.29 is 14.3 Å². The van der Waals surface area contributed by atoms with Gasteiger partial charge in [0.05, 0.1) is 12.6 Å². The molecule has 0 saturated heterocycles. The molecular formula is C26H22N2O3. The molecule has 1 atom stereocenters. The highest BCUT2D eigenvalue weighted by Gasteiger charge is 2.33. The van der Waals surface area contributed by atoms with Crippen LogP contribution in [0.1, 0.15) is 27.5 Å². The number of hydrogen-bond donors (Lipinski definition) is 1. The minimum Gasteiger partial charge on any atom is -0.467 e. The van der Waals surface area contributed by atoms with E-state index in [1.807, 2.05) is 91.0 Å². The van der Waals surface area contributed by atoms with E-state index in [2.05, 4.69) is 10.3 Å². The topological polar surface area (TPSA) is 68.3 Å². The van der Waals surface area contributed by atoms with Crippen LogP contribution in [0.5, 0.6) is 0 Å². The molecule has 4 aromatic rings. The van der Waals surface area contributed by atoms with E-state index in [4.69, 9.17) is 4.74 Å². The number of para-hydroxylation sites is 1. The van der Waals surface area contributed by atoms with E-state index >= 15 is 0 Å². The summed E-state index contributed by atoms with van der Waals surface area (Å²) < 4.78 is 5.07. The molecule has 0 spiro atoms. The van der Waals surface area contributed by atoms with E-state index in [-0.39, 0.29) is 5.69 Å². The molecule has 5 nitrogen and oxygen atoms in total. The number of carbonyl (C=O) groups is 2. The molecule has 1 N–H and O–H groups in total. The number of benzene rings is 3. The maximum atomic E-state index is 13.1. The number of ether oxygens (including phenoxy) is 1. The van der Waals surface area contributed by atoms with E-state index < -0.39 is 23.8 Å². The number of methoxy groups -OCH3 is 1. The van der Waals surface area contributed by atoms with E-state index in [1.54, 1.807) is 6.07 Å². The van der Waals surface area contributed by atoms with Gasteiger partial charge in [0, 0.05) is 11.3 Å². The minimum absolute atomic E-state index is 0.243. The molecule has 5 heteroatoms. The van der Waals surface area contributed by atoms with Crippen LogP contribution in [-0.2, 0) is 9.53 Å². The molecule has 0 bridgehead atoms. The molecule has 1 amide bonds. The largest absolute Gasteiger partial charge is 0.467 e. The number of fused-ring (bicyclic) bond motifs is 1. The van der Waals surface area contributed by atoms with Crippen molar-refractivity contribution in [2.75, 3.05) is 7.11 Å². The second-order valence-corrected chi connectivity index (χ2v) is 7.16. The number of nitrogens with one attached hydrogen (secondary N) is 1. The molecule has 0 radical (unpaired) electrons. The van der Waals surface area contributed by atoms with Crippen LogP contribution in [0.4, 0.5) is 0 Å². The smallest absolute Gasteiger partial charge is 0.329 e. The normalized spacial score (nSPS) is 11.8. The SMILES string of the molecule is COC(=O)[C@H](NC(=O)c1ccc2ccccc2n1)C(c1ccccc1)c1ccccc1. The Labute approximate surface area is 180 Å². The van der Waals surface area contributed by atoms with Crippen LogP contribution in [0.25, 0.3) is 10.9 Å². The average molecular weight is 410 g/mol. The van der Waals surface area contributed by atoms with Crippen molar-refractivity contribution in [1.29, 1.82) is 0 Å². The fourth-order valence-electron chi connectivity index (χ4n) is 3.71. The lowest BCUT2D eigenvalue weighted by molar-refractivity contribution is -0.143.